The zero-order chi connectivity index (χ0) is 15.4. The van der Waals surface area contributed by atoms with Gasteiger partial charge in [0, 0.05) is 0 Å². The van der Waals surface area contributed by atoms with Gasteiger partial charge in [0.15, 0.2) is 0 Å². The van der Waals surface area contributed by atoms with Gasteiger partial charge in [-0.2, -0.15) is 11.8 Å². The number of benzene rings is 1. The Balaban J connectivity index is 1.76. The van der Waals surface area contributed by atoms with Crippen LogP contribution in [0.4, 0.5) is 0 Å². The van der Waals surface area contributed by atoms with Crippen LogP contribution in [-0.4, -0.2) is 21.7 Å². The largest absolute Gasteiger partial charge is 0.467 e. The normalized spacial score (nSPS) is 11.0. The standard InChI is InChI=1S/C16H17N3O2S/c1-22-11-15-18-13-6-2-3-7-14(13)19(15)10-16(20)17-9-12-5-4-8-21-12/h2-8H,9-11H2,1H3,(H,17,20). The molecule has 0 aliphatic heterocycles. The molecule has 1 amide bonds. The molecule has 2 heterocycles. The van der Waals surface area contributed by atoms with Crippen LogP contribution < -0.4 is 5.32 Å². The SMILES string of the molecule is CSCc1nc2ccccc2n1CC(=O)NCc1ccco1. The van der Waals surface area contributed by atoms with Gasteiger partial charge in [-0.05, 0) is 30.5 Å². The minimum Gasteiger partial charge on any atom is -0.467 e. The Morgan fingerprint density at radius 2 is 2.18 bits per heavy atom. The topological polar surface area (TPSA) is 60.1 Å². The summed E-state index contributed by atoms with van der Waals surface area (Å²) < 4.78 is 7.19. The van der Waals surface area contributed by atoms with Crippen molar-refractivity contribution < 1.29 is 9.21 Å². The molecule has 3 rings (SSSR count). The third kappa shape index (κ3) is 3.17. The number of aromatic nitrogens is 2. The summed E-state index contributed by atoms with van der Waals surface area (Å²) in [5.74, 6) is 2.39. The number of hydrogen-bond donors (Lipinski definition) is 1. The van der Waals surface area contributed by atoms with E-state index in [0.29, 0.717) is 6.54 Å². The molecule has 6 heteroatoms. The lowest BCUT2D eigenvalue weighted by atomic mass is 10.3. The number of furan rings is 1. The van der Waals surface area contributed by atoms with Crippen LogP contribution in [0.25, 0.3) is 11.0 Å². The van der Waals surface area contributed by atoms with E-state index >= 15 is 0 Å². The van der Waals surface area contributed by atoms with Gasteiger partial charge in [-0.15, -0.1) is 0 Å². The molecule has 0 spiro atoms. The monoisotopic (exact) mass is 315 g/mol. The molecule has 2 aromatic heterocycles. The van der Waals surface area contributed by atoms with Gasteiger partial charge in [0.05, 0.1) is 29.6 Å². The Labute approximate surface area is 132 Å². The predicted molar refractivity (Wildman–Crippen MR) is 87.5 cm³/mol. The Kier molecular flexibility index (Phi) is 4.48. The summed E-state index contributed by atoms with van der Waals surface area (Å²) in [5.41, 5.74) is 1.91. The van der Waals surface area contributed by atoms with Crippen molar-refractivity contribution in [3.8, 4) is 0 Å². The van der Waals surface area contributed by atoms with Crippen LogP contribution in [-0.2, 0) is 23.6 Å². The number of nitrogens with zero attached hydrogens (tertiary/aromatic N) is 2. The molecule has 0 aliphatic carbocycles. The van der Waals surface area contributed by atoms with Crippen molar-refractivity contribution >= 4 is 28.7 Å². The molecule has 0 bridgehead atoms. The first kappa shape index (κ1) is 14.7. The molecule has 0 unspecified atom stereocenters. The Hall–Kier alpha value is -2.21. The minimum atomic E-state index is -0.0538. The Bertz CT molecular complexity index is 765. The number of imidazole rings is 1. The summed E-state index contributed by atoms with van der Waals surface area (Å²) in [5, 5.41) is 2.87. The van der Waals surface area contributed by atoms with E-state index in [1.807, 2.05) is 41.2 Å². The highest BCUT2D eigenvalue weighted by atomic mass is 32.2. The van der Waals surface area contributed by atoms with E-state index in [0.717, 1.165) is 28.4 Å². The maximum absolute atomic E-state index is 12.2. The molecule has 0 saturated heterocycles. The van der Waals surface area contributed by atoms with E-state index < -0.39 is 0 Å². The van der Waals surface area contributed by atoms with Crippen molar-refractivity contribution in [3.05, 3.63) is 54.2 Å². The fourth-order valence-corrected chi connectivity index (χ4v) is 2.82. The minimum absolute atomic E-state index is 0.0538. The maximum Gasteiger partial charge on any atom is 0.240 e. The van der Waals surface area contributed by atoms with E-state index in [1.54, 1.807) is 24.1 Å². The highest BCUT2D eigenvalue weighted by molar-refractivity contribution is 7.97. The second kappa shape index (κ2) is 6.70. The second-order valence-corrected chi connectivity index (χ2v) is 5.76. The lowest BCUT2D eigenvalue weighted by Crippen LogP contribution is -2.27. The molecule has 1 aromatic carbocycles. The zero-order valence-electron chi connectivity index (χ0n) is 12.3. The summed E-state index contributed by atoms with van der Waals surface area (Å²) in [4.78, 5) is 16.8. The fraction of sp³-hybridized carbons (Fsp3) is 0.250. The van der Waals surface area contributed by atoms with Crippen molar-refractivity contribution in [2.24, 2.45) is 0 Å². The summed E-state index contributed by atoms with van der Waals surface area (Å²) in [7, 11) is 0. The van der Waals surface area contributed by atoms with Gasteiger partial charge in [0.2, 0.25) is 5.91 Å². The smallest absolute Gasteiger partial charge is 0.240 e. The molecular formula is C16H17N3O2S. The number of para-hydroxylation sites is 2. The average molecular weight is 315 g/mol. The van der Waals surface area contributed by atoms with Crippen molar-refractivity contribution in [3.63, 3.8) is 0 Å². The van der Waals surface area contributed by atoms with Crippen LogP contribution in [0.1, 0.15) is 11.6 Å². The van der Waals surface area contributed by atoms with Crippen LogP contribution in [0.15, 0.2) is 47.1 Å². The van der Waals surface area contributed by atoms with Gasteiger partial charge >= 0.3 is 0 Å². The summed E-state index contributed by atoms with van der Waals surface area (Å²) in [6, 6.07) is 11.5. The van der Waals surface area contributed by atoms with Crippen molar-refractivity contribution in [1.82, 2.24) is 14.9 Å². The Morgan fingerprint density at radius 1 is 1.32 bits per heavy atom. The second-order valence-electron chi connectivity index (χ2n) is 4.89. The van der Waals surface area contributed by atoms with Crippen molar-refractivity contribution in [1.29, 1.82) is 0 Å². The van der Waals surface area contributed by atoms with Gasteiger partial charge in [-0.1, -0.05) is 12.1 Å². The first-order valence-electron chi connectivity index (χ1n) is 7.00. The van der Waals surface area contributed by atoms with Gasteiger partial charge in [0.25, 0.3) is 0 Å². The highest BCUT2D eigenvalue weighted by Gasteiger charge is 2.13. The van der Waals surface area contributed by atoms with Gasteiger partial charge in [0.1, 0.15) is 18.1 Å². The molecule has 1 N–H and O–H groups in total. The quantitative estimate of drug-likeness (QED) is 0.760. The molecule has 5 nitrogen and oxygen atoms in total. The predicted octanol–water partition coefficient (Wildman–Crippen LogP) is 2.81. The molecule has 22 heavy (non-hydrogen) atoms. The van der Waals surface area contributed by atoms with E-state index in [-0.39, 0.29) is 12.5 Å². The summed E-state index contributed by atoms with van der Waals surface area (Å²) >= 11 is 1.69. The molecular weight excluding hydrogens is 298 g/mol. The molecule has 0 radical (unpaired) electrons. The van der Waals surface area contributed by atoms with Gasteiger partial charge in [-0.25, -0.2) is 4.98 Å². The van der Waals surface area contributed by atoms with Crippen molar-refractivity contribution in [2.75, 3.05) is 6.26 Å². The molecule has 0 saturated carbocycles. The average Bonchev–Trinajstić information content (AvgIpc) is 3.15. The third-order valence-electron chi connectivity index (χ3n) is 3.35. The number of carbonyl (C=O) groups is 1. The number of hydrogen-bond acceptors (Lipinski definition) is 4. The zero-order valence-corrected chi connectivity index (χ0v) is 13.1. The third-order valence-corrected chi connectivity index (χ3v) is 3.90. The van der Waals surface area contributed by atoms with Crippen LogP contribution in [0.3, 0.4) is 0 Å². The summed E-state index contributed by atoms with van der Waals surface area (Å²) in [6.07, 6.45) is 3.63. The number of fused-ring (bicyclic) bond motifs is 1. The van der Waals surface area contributed by atoms with Crippen molar-refractivity contribution in [2.45, 2.75) is 18.8 Å². The number of thioether (sulfide) groups is 1. The van der Waals surface area contributed by atoms with E-state index in [4.69, 9.17) is 4.42 Å². The number of rotatable bonds is 6. The van der Waals surface area contributed by atoms with E-state index in [9.17, 15) is 4.79 Å². The number of carbonyl (C=O) groups excluding carboxylic acids is 1. The molecule has 0 atom stereocenters. The molecule has 114 valence electrons. The van der Waals surface area contributed by atoms with Crippen LogP contribution >= 0.6 is 11.8 Å². The first-order valence-corrected chi connectivity index (χ1v) is 8.39. The summed E-state index contributed by atoms with van der Waals surface area (Å²) in [6.45, 7) is 0.660. The van der Waals surface area contributed by atoms with Crippen LogP contribution in [0, 0.1) is 0 Å². The van der Waals surface area contributed by atoms with Gasteiger partial charge < -0.3 is 14.3 Å². The van der Waals surface area contributed by atoms with E-state index in [2.05, 4.69) is 10.3 Å². The molecule has 3 aromatic rings. The molecule has 0 fully saturated rings. The Morgan fingerprint density at radius 3 is 2.95 bits per heavy atom. The fourth-order valence-electron chi connectivity index (χ4n) is 2.34. The van der Waals surface area contributed by atoms with Crippen LogP contribution in [0.5, 0.6) is 0 Å². The number of nitrogens with one attached hydrogen (secondary N) is 1. The first-order chi connectivity index (χ1) is 10.8. The van der Waals surface area contributed by atoms with E-state index in [1.165, 1.54) is 0 Å². The highest BCUT2D eigenvalue weighted by Crippen LogP contribution is 2.18. The lowest BCUT2D eigenvalue weighted by Gasteiger charge is -2.09. The maximum atomic E-state index is 12.2. The number of amides is 1. The lowest BCUT2D eigenvalue weighted by molar-refractivity contribution is -0.121. The molecule has 0 aliphatic rings. The van der Waals surface area contributed by atoms with Gasteiger partial charge in [-0.3, -0.25) is 4.79 Å². The van der Waals surface area contributed by atoms with Crippen LogP contribution in [0.2, 0.25) is 0 Å².